The fourth-order valence-electron chi connectivity index (χ4n) is 4.63. The zero-order valence-corrected chi connectivity index (χ0v) is 21.5. The van der Waals surface area contributed by atoms with E-state index in [-0.39, 0.29) is 35.1 Å². The van der Waals surface area contributed by atoms with E-state index in [1.165, 1.54) is 5.56 Å². The van der Waals surface area contributed by atoms with Crippen molar-refractivity contribution in [1.29, 1.82) is 0 Å². The van der Waals surface area contributed by atoms with E-state index in [1.54, 1.807) is 37.3 Å². The van der Waals surface area contributed by atoms with E-state index in [4.69, 9.17) is 25.5 Å². The molecule has 0 aliphatic carbocycles. The summed E-state index contributed by atoms with van der Waals surface area (Å²) in [5, 5.41) is 3.38. The fraction of sp³-hybridized carbons (Fsp3) is 0.233. The summed E-state index contributed by atoms with van der Waals surface area (Å²) in [6.07, 6.45) is 3.49. The van der Waals surface area contributed by atoms with Crippen molar-refractivity contribution in [3.63, 3.8) is 0 Å². The van der Waals surface area contributed by atoms with Crippen molar-refractivity contribution in [3.05, 3.63) is 104 Å². The molecule has 7 nitrogen and oxygen atoms in total. The number of halogens is 1. The number of para-hydroxylation sites is 1. The molecule has 1 atom stereocenters. The molecule has 5 rings (SSSR count). The van der Waals surface area contributed by atoms with E-state index in [0.717, 1.165) is 30.9 Å². The number of fused-ring (bicyclic) bond motifs is 2. The van der Waals surface area contributed by atoms with Gasteiger partial charge in [0.05, 0.1) is 22.7 Å². The maximum Gasteiger partial charge on any atom is 0.374 e. The number of carbonyl (C=O) groups excluding carboxylic acids is 2. The van der Waals surface area contributed by atoms with Crippen LogP contribution in [0.1, 0.15) is 51.8 Å². The van der Waals surface area contributed by atoms with Crippen molar-refractivity contribution in [1.82, 2.24) is 0 Å². The monoisotopic (exact) mass is 531 g/mol. The van der Waals surface area contributed by atoms with Gasteiger partial charge < -0.3 is 19.2 Å². The zero-order chi connectivity index (χ0) is 26.6. The van der Waals surface area contributed by atoms with E-state index in [1.807, 2.05) is 18.2 Å². The number of benzene rings is 3. The second-order valence-electron chi connectivity index (χ2n) is 9.10. The number of nitrogens with one attached hydrogen (secondary N) is 1. The Labute approximate surface area is 224 Å². The molecule has 4 aromatic rings. The van der Waals surface area contributed by atoms with Crippen LogP contribution in [0.4, 0.5) is 5.69 Å². The number of hydrogen-bond acceptors (Lipinski definition) is 6. The predicted molar refractivity (Wildman–Crippen MR) is 145 cm³/mol. The molecule has 0 saturated heterocycles. The highest BCUT2D eigenvalue weighted by molar-refractivity contribution is 6.32. The van der Waals surface area contributed by atoms with Crippen LogP contribution in [0.5, 0.6) is 5.75 Å². The van der Waals surface area contributed by atoms with Gasteiger partial charge in [-0.1, -0.05) is 48.0 Å². The molecule has 38 heavy (non-hydrogen) atoms. The number of esters is 1. The Morgan fingerprint density at radius 3 is 2.68 bits per heavy atom. The molecule has 0 fully saturated rings. The zero-order valence-electron chi connectivity index (χ0n) is 20.8. The molecular formula is C30H26ClNO6. The van der Waals surface area contributed by atoms with Gasteiger partial charge in [0.15, 0.2) is 11.0 Å². The SMILES string of the molecule is CCOC(=O)c1cc(=O)c2cccc(NC(=O)c3cc(Cl)c4c(c3)CC(CCCc3ccccc3)O4)c2o1. The topological polar surface area (TPSA) is 94.8 Å². The fourth-order valence-corrected chi connectivity index (χ4v) is 4.91. The second kappa shape index (κ2) is 11.1. The number of aryl methyl sites for hydroxylation is 1. The van der Waals surface area contributed by atoms with Crippen molar-refractivity contribution >= 4 is 40.1 Å². The van der Waals surface area contributed by atoms with Crippen molar-refractivity contribution in [2.24, 2.45) is 0 Å². The summed E-state index contributed by atoms with van der Waals surface area (Å²) in [7, 11) is 0. The Kier molecular flexibility index (Phi) is 7.47. The van der Waals surface area contributed by atoms with Crippen LogP contribution < -0.4 is 15.5 Å². The largest absolute Gasteiger partial charge is 0.488 e. The van der Waals surface area contributed by atoms with Gasteiger partial charge in [0.25, 0.3) is 5.91 Å². The predicted octanol–water partition coefficient (Wildman–Crippen LogP) is 6.20. The van der Waals surface area contributed by atoms with Crippen LogP contribution in [-0.4, -0.2) is 24.6 Å². The number of carbonyl (C=O) groups is 2. The van der Waals surface area contributed by atoms with Crippen molar-refractivity contribution in [2.75, 3.05) is 11.9 Å². The minimum absolute atomic E-state index is 0.00170. The molecule has 1 unspecified atom stereocenters. The minimum atomic E-state index is -0.753. The Bertz CT molecular complexity index is 1560. The number of hydrogen-bond donors (Lipinski definition) is 1. The van der Waals surface area contributed by atoms with Crippen LogP contribution in [-0.2, 0) is 17.6 Å². The maximum absolute atomic E-state index is 13.2. The van der Waals surface area contributed by atoms with Gasteiger partial charge in [-0.25, -0.2) is 4.79 Å². The third-order valence-electron chi connectivity index (χ3n) is 6.43. The Morgan fingerprint density at radius 1 is 1.08 bits per heavy atom. The molecule has 1 aliphatic heterocycles. The highest BCUT2D eigenvalue weighted by Gasteiger charge is 2.27. The summed E-state index contributed by atoms with van der Waals surface area (Å²) >= 11 is 6.50. The molecule has 1 amide bonds. The summed E-state index contributed by atoms with van der Waals surface area (Å²) in [5.41, 5.74) is 2.44. The molecule has 1 aromatic heterocycles. The molecule has 0 radical (unpaired) electrons. The smallest absolute Gasteiger partial charge is 0.374 e. The summed E-state index contributed by atoms with van der Waals surface area (Å²) in [4.78, 5) is 37.9. The first kappa shape index (κ1) is 25.5. The Morgan fingerprint density at radius 2 is 1.89 bits per heavy atom. The van der Waals surface area contributed by atoms with E-state index < -0.39 is 17.3 Å². The Hall–Kier alpha value is -4.10. The summed E-state index contributed by atoms with van der Waals surface area (Å²) in [6, 6.07) is 19.5. The molecular weight excluding hydrogens is 506 g/mol. The van der Waals surface area contributed by atoms with Gasteiger partial charge in [0, 0.05) is 23.6 Å². The summed E-state index contributed by atoms with van der Waals surface area (Å²) in [6.45, 7) is 1.79. The molecule has 2 heterocycles. The lowest BCUT2D eigenvalue weighted by atomic mass is 10.0. The minimum Gasteiger partial charge on any atom is -0.488 e. The lowest BCUT2D eigenvalue weighted by Gasteiger charge is -2.11. The second-order valence-corrected chi connectivity index (χ2v) is 9.51. The van der Waals surface area contributed by atoms with Gasteiger partial charge in [-0.05, 0) is 56.0 Å². The maximum atomic E-state index is 13.2. The summed E-state index contributed by atoms with van der Waals surface area (Å²) in [5.74, 6) is -0.805. The molecule has 0 spiro atoms. The Balaban J connectivity index is 1.32. The van der Waals surface area contributed by atoms with Crippen molar-refractivity contribution < 1.29 is 23.5 Å². The van der Waals surface area contributed by atoms with Crippen molar-refractivity contribution in [3.8, 4) is 5.75 Å². The van der Waals surface area contributed by atoms with Crippen LogP contribution in [0.25, 0.3) is 11.0 Å². The first-order valence-corrected chi connectivity index (χ1v) is 12.9. The van der Waals surface area contributed by atoms with Gasteiger partial charge in [0.1, 0.15) is 11.9 Å². The standard InChI is InChI=1S/C30H26ClNO6/c1-2-36-30(35)26-17-25(33)22-12-7-13-24(28(22)38-26)32-29(34)20-14-19-15-21(37-27(19)23(31)16-20)11-6-10-18-8-4-3-5-9-18/h3-5,7-9,12-14,16-17,21H,2,6,10-11,15H2,1H3,(H,32,34). The van der Waals surface area contributed by atoms with Crippen LogP contribution in [0.15, 0.2) is 75.9 Å². The lowest BCUT2D eigenvalue weighted by Crippen LogP contribution is -2.14. The molecule has 0 saturated carbocycles. The first-order chi connectivity index (χ1) is 18.4. The van der Waals surface area contributed by atoms with Crippen LogP contribution in [0.3, 0.4) is 0 Å². The average Bonchev–Trinajstić information content (AvgIpc) is 3.33. The molecule has 194 valence electrons. The highest BCUT2D eigenvalue weighted by Crippen LogP contribution is 2.38. The van der Waals surface area contributed by atoms with Gasteiger partial charge in [-0.3, -0.25) is 9.59 Å². The number of rotatable bonds is 8. The summed E-state index contributed by atoms with van der Waals surface area (Å²) < 4.78 is 16.7. The molecule has 1 aliphatic rings. The first-order valence-electron chi connectivity index (χ1n) is 12.5. The third-order valence-corrected chi connectivity index (χ3v) is 6.71. The van der Waals surface area contributed by atoms with Crippen molar-refractivity contribution in [2.45, 2.75) is 38.7 Å². The molecule has 8 heteroatoms. The number of anilines is 1. The van der Waals surface area contributed by atoms with Gasteiger partial charge in [-0.15, -0.1) is 0 Å². The van der Waals surface area contributed by atoms with E-state index >= 15 is 0 Å². The van der Waals surface area contributed by atoms with Gasteiger partial charge >= 0.3 is 5.97 Å². The van der Waals surface area contributed by atoms with E-state index in [0.29, 0.717) is 22.8 Å². The highest BCUT2D eigenvalue weighted by atomic mass is 35.5. The van der Waals surface area contributed by atoms with Crippen LogP contribution in [0.2, 0.25) is 5.02 Å². The molecule has 1 N–H and O–H groups in total. The van der Waals surface area contributed by atoms with Crippen LogP contribution in [0, 0.1) is 0 Å². The number of amides is 1. The third kappa shape index (κ3) is 5.43. The average molecular weight is 532 g/mol. The van der Waals surface area contributed by atoms with Crippen LogP contribution >= 0.6 is 11.6 Å². The number of ether oxygens (including phenoxy) is 2. The van der Waals surface area contributed by atoms with Gasteiger partial charge in [-0.2, -0.15) is 0 Å². The lowest BCUT2D eigenvalue weighted by molar-refractivity contribution is 0.0490. The van der Waals surface area contributed by atoms with E-state index in [2.05, 4.69) is 17.4 Å². The molecule has 3 aromatic carbocycles. The quantitative estimate of drug-likeness (QED) is 0.272. The van der Waals surface area contributed by atoms with Gasteiger partial charge in [0.2, 0.25) is 5.76 Å². The normalized spacial score (nSPS) is 14.1. The van der Waals surface area contributed by atoms with E-state index in [9.17, 15) is 14.4 Å². The molecule has 0 bridgehead atoms.